The number of hydrogen-bond acceptors (Lipinski definition) is 4. The van der Waals surface area contributed by atoms with Crippen molar-refractivity contribution in [3.63, 3.8) is 0 Å². The first-order valence-electron chi connectivity index (χ1n) is 7.72. The number of rotatable bonds is 3. The Morgan fingerprint density at radius 2 is 2.20 bits per heavy atom. The molecule has 2 aliphatic rings. The predicted octanol–water partition coefficient (Wildman–Crippen LogP) is 2.28. The maximum Gasteiger partial charge on any atom is 0.0947 e. The van der Waals surface area contributed by atoms with Crippen molar-refractivity contribution in [2.45, 2.75) is 38.3 Å². The second kappa shape index (κ2) is 5.88. The average molecular weight is 279 g/mol. The number of piperidine rings is 1. The molecule has 112 valence electrons. The second-order valence-corrected chi connectivity index (χ2v) is 6.40. The van der Waals surface area contributed by atoms with Crippen molar-refractivity contribution in [3.8, 4) is 0 Å². The van der Waals surface area contributed by atoms with Gasteiger partial charge in [-0.3, -0.25) is 4.90 Å². The van der Waals surface area contributed by atoms with Gasteiger partial charge in [0.2, 0.25) is 0 Å². The maximum absolute atomic E-state index is 11.1. The SMILES string of the molecule is C[C@@H]1CN(Cc2ccoc2)CC[C@@]1(O)C1CCOCC1. The van der Waals surface area contributed by atoms with Crippen molar-refractivity contribution in [3.05, 3.63) is 24.2 Å². The van der Waals surface area contributed by atoms with Crippen LogP contribution in [0.5, 0.6) is 0 Å². The van der Waals surface area contributed by atoms with E-state index < -0.39 is 5.60 Å². The van der Waals surface area contributed by atoms with Crippen LogP contribution in [0, 0.1) is 11.8 Å². The molecule has 1 N–H and O–H groups in total. The molecule has 0 radical (unpaired) electrons. The minimum absolute atomic E-state index is 0.311. The fourth-order valence-corrected chi connectivity index (χ4v) is 3.81. The number of nitrogens with zero attached hydrogens (tertiary/aromatic N) is 1. The summed E-state index contributed by atoms with van der Waals surface area (Å²) in [5, 5.41) is 11.1. The summed E-state index contributed by atoms with van der Waals surface area (Å²) in [6, 6.07) is 2.02. The first kappa shape index (κ1) is 14.1. The third-order valence-corrected chi connectivity index (χ3v) is 5.13. The highest BCUT2D eigenvalue weighted by Gasteiger charge is 2.45. The van der Waals surface area contributed by atoms with E-state index in [4.69, 9.17) is 9.15 Å². The molecule has 0 amide bonds. The van der Waals surface area contributed by atoms with E-state index in [1.807, 2.05) is 12.3 Å². The van der Waals surface area contributed by atoms with Crippen LogP contribution in [-0.2, 0) is 11.3 Å². The standard InChI is InChI=1S/C16H25NO3/c1-13-10-17(11-14-2-7-20-12-14)6-5-16(13,18)15-3-8-19-9-4-15/h2,7,12-13,15,18H,3-6,8-11H2,1H3/t13-,16+/m1/s1. The molecule has 20 heavy (non-hydrogen) atoms. The highest BCUT2D eigenvalue weighted by molar-refractivity contribution is 5.06. The molecule has 4 nitrogen and oxygen atoms in total. The van der Waals surface area contributed by atoms with Gasteiger partial charge in [0.05, 0.1) is 18.1 Å². The molecule has 0 bridgehead atoms. The number of hydrogen-bond donors (Lipinski definition) is 1. The van der Waals surface area contributed by atoms with Crippen molar-refractivity contribution in [1.29, 1.82) is 0 Å². The minimum Gasteiger partial charge on any atom is -0.472 e. The van der Waals surface area contributed by atoms with Crippen LogP contribution in [0.4, 0.5) is 0 Å². The highest BCUT2D eigenvalue weighted by Crippen LogP contribution is 2.39. The Kier molecular flexibility index (Phi) is 4.15. The lowest BCUT2D eigenvalue weighted by Gasteiger charge is -2.48. The second-order valence-electron chi connectivity index (χ2n) is 6.40. The molecule has 4 heteroatoms. The van der Waals surface area contributed by atoms with E-state index in [0.29, 0.717) is 11.8 Å². The molecule has 3 rings (SSSR count). The molecule has 0 spiro atoms. The third kappa shape index (κ3) is 2.78. The van der Waals surface area contributed by atoms with Crippen LogP contribution in [0.25, 0.3) is 0 Å². The molecule has 2 saturated heterocycles. The summed E-state index contributed by atoms with van der Waals surface area (Å²) in [7, 11) is 0. The Hall–Kier alpha value is -0.840. The normalized spacial score (nSPS) is 33.4. The third-order valence-electron chi connectivity index (χ3n) is 5.13. The van der Waals surface area contributed by atoms with Crippen molar-refractivity contribution >= 4 is 0 Å². The fourth-order valence-electron chi connectivity index (χ4n) is 3.81. The van der Waals surface area contributed by atoms with E-state index in [0.717, 1.165) is 52.1 Å². The monoisotopic (exact) mass is 279 g/mol. The molecule has 2 atom stereocenters. The molecule has 1 aromatic heterocycles. The van der Waals surface area contributed by atoms with E-state index in [1.54, 1.807) is 6.26 Å². The molecule has 0 saturated carbocycles. The van der Waals surface area contributed by atoms with Crippen LogP contribution in [0.1, 0.15) is 31.7 Å². The Morgan fingerprint density at radius 3 is 2.85 bits per heavy atom. The summed E-state index contributed by atoms with van der Waals surface area (Å²) < 4.78 is 10.6. The van der Waals surface area contributed by atoms with Crippen molar-refractivity contribution in [2.24, 2.45) is 11.8 Å². The van der Waals surface area contributed by atoms with Crippen LogP contribution in [-0.4, -0.2) is 41.9 Å². The van der Waals surface area contributed by atoms with Gasteiger partial charge in [0.25, 0.3) is 0 Å². The lowest BCUT2D eigenvalue weighted by molar-refractivity contribution is -0.131. The first-order valence-corrected chi connectivity index (χ1v) is 7.72. The zero-order chi connectivity index (χ0) is 14.0. The smallest absolute Gasteiger partial charge is 0.0947 e. The lowest BCUT2D eigenvalue weighted by atomic mass is 9.70. The molecular formula is C16H25NO3. The van der Waals surface area contributed by atoms with Crippen LogP contribution in [0.15, 0.2) is 23.0 Å². The summed E-state index contributed by atoms with van der Waals surface area (Å²) in [5.74, 6) is 0.716. The summed E-state index contributed by atoms with van der Waals surface area (Å²) in [5.41, 5.74) is 0.713. The van der Waals surface area contributed by atoms with Gasteiger partial charge in [0.1, 0.15) is 0 Å². The number of likely N-dealkylation sites (tertiary alicyclic amines) is 1. The maximum atomic E-state index is 11.1. The van der Waals surface area contributed by atoms with Gasteiger partial charge in [-0.2, -0.15) is 0 Å². The van der Waals surface area contributed by atoms with Gasteiger partial charge < -0.3 is 14.3 Å². The van der Waals surface area contributed by atoms with Gasteiger partial charge >= 0.3 is 0 Å². The number of ether oxygens (including phenoxy) is 1. The van der Waals surface area contributed by atoms with Crippen molar-refractivity contribution in [1.82, 2.24) is 4.90 Å². The summed E-state index contributed by atoms with van der Waals surface area (Å²) in [4.78, 5) is 2.42. The molecule has 3 heterocycles. The number of furan rings is 1. The number of aliphatic hydroxyl groups is 1. The van der Waals surface area contributed by atoms with Gasteiger partial charge in [-0.1, -0.05) is 6.92 Å². The van der Waals surface area contributed by atoms with E-state index in [1.165, 1.54) is 5.56 Å². The molecule has 2 aliphatic heterocycles. The van der Waals surface area contributed by atoms with Crippen LogP contribution in [0.2, 0.25) is 0 Å². The van der Waals surface area contributed by atoms with E-state index in [9.17, 15) is 5.11 Å². The Morgan fingerprint density at radius 1 is 1.40 bits per heavy atom. The van der Waals surface area contributed by atoms with Gasteiger partial charge in [0.15, 0.2) is 0 Å². The van der Waals surface area contributed by atoms with Crippen LogP contribution >= 0.6 is 0 Å². The highest BCUT2D eigenvalue weighted by atomic mass is 16.5. The summed E-state index contributed by atoms with van der Waals surface area (Å²) in [6.45, 7) is 6.64. The average Bonchev–Trinajstić information content (AvgIpc) is 2.97. The summed E-state index contributed by atoms with van der Waals surface area (Å²) >= 11 is 0. The van der Waals surface area contributed by atoms with E-state index in [2.05, 4.69) is 11.8 Å². The molecular weight excluding hydrogens is 254 g/mol. The quantitative estimate of drug-likeness (QED) is 0.922. The Bertz CT molecular complexity index is 413. The van der Waals surface area contributed by atoms with Crippen LogP contribution < -0.4 is 0 Å². The fraction of sp³-hybridized carbons (Fsp3) is 0.750. The minimum atomic E-state index is -0.503. The van der Waals surface area contributed by atoms with Crippen molar-refractivity contribution in [2.75, 3.05) is 26.3 Å². The summed E-state index contributed by atoms with van der Waals surface area (Å²) in [6.07, 6.45) is 6.41. The zero-order valence-corrected chi connectivity index (χ0v) is 12.3. The molecule has 2 fully saturated rings. The molecule has 0 unspecified atom stereocenters. The molecule has 0 aromatic carbocycles. The van der Waals surface area contributed by atoms with E-state index in [-0.39, 0.29) is 0 Å². The van der Waals surface area contributed by atoms with Gasteiger partial charge in [-0.05, 0) is 37.2 Å². The Balaban J connectivity index is 1.60. The van der Waals surface area contributed by atoms with E-state index >= 15 is 0 Å². The van der Waals surface area contributed by atoms with Crippen molar-refractivity contribution < 1.29 is 14.3 Å². The van der Waals surface area contributed by atoms with Gasteiger partial charge in [-0.15, -0.1) is 0 Å². The lowest BCUT2D eigenvalue weighted by Crippen LogP contribution is -2.55. The molecule has 0 aliphatic carbocycles. The Labute approximate surface area is 120 Å². The van der Waals surface area contributed by atoms with Gasteiger partial charge in [0, 0.05) is 38.4 Å². The van der Waals surface area contributed by atoms with Crippen LogP contribution in [0.3, 0.4) is 0 Å². The largest absolute Gasteiger partial charge is 0.472 e. The predicted molar refractivity (Wildman–Crippen MR) is 76.3 cm³/mol. The van der Waals surface area contributed by atoms with Gasteiger partial charge in [-0.25, -0.2) is 0 Å². The topological polar surface area (TPSA) is 45.8 Å². The first-order chi connectivity index (χ1) is 9.68. The zero-order valence-electron chi connectivity index (χ0n) is 12.3. The molecule has 1 aromatic rings.